The number of nitrogens with zero attached hydrogens (tertiary/aromatic N) is 4. The number of pyridine rings is 1. The maximum atomic E-state index is 12.9. The zero-order valence-electron chi connectivity index (χ0n) is 16.1. The van der Waals surface area contributed by atoms with Crippen molar-refractivity contribution in [1.29, 1.82) is 0 Å². The lowest BCUT2D eigenvalue weighted by atomic mass is 9.93. The molecule has 0 radical (unpaired) electrons. The van der Waals surface area contributed by atoms with Gasteiger partial charge in [-0.05, 0) is 69.3 Å². The summed E-state index contributed by atoms with van der Waals surface area (Å²) in [5, 5.41) is 0. The molecule has 28 heavy (non-hydrogen) atoms. The van der Waals surface area contributed by atoms with Crippen LogP contribution in [0.4, 0.5) is 4.39 Å². The molecule has 0 N–H and O–H groups in total. The lowest BCUT2D eigenvalue weighted by Crippen LogP contribution is -2.36. The van der Waals surface area contributed by atoms with Crippen LogP contribution in [0.15, 0.2) is 54.9 Å². The summed E-state index contributed by atoms with van der Waals surface area (Å²) in [6.45, 7) is 5.55. The molecule has 1 saturated heterocycles. The van der Waals surface area contributed by atoms with E-state index in [-0.39, 0.29) is 5.82 Å². The van der Waals surface area contributed by atoms with Crippen LogP contribution in [-0.2, 0) is 0 Å². The first-order chi connectivity index (χ1) is 13.7. The Bertz CT molecular complexity index is 901. The van der Waals surface area contributed by atoms with Gasteiger partial charge in [-0.2, -0.15) is 0 Å². The Morgan fingerprint density at radius 2 is 1.89 bits per heavy atom. The van der Waals surface area contributed by atoms with E-state index in [0.717, 1.165) is 49.8 Å². The van der Waals surface area contributed by atoms with Crippen molar-refractivity contribution in [3.8, 4) is 11.6 Å². The molecule has 0 spiro atoms. The number of rotatable bonds is 6. The van der Waals surface area contributed by atoms with Crippen LogP contribution < -0.4 is 4.74 Å². The predicted molar refractivity (Wildman–Crippen MR) is 106 cm³/mol. The number of piperidine rings is 1. The van der Waals surface area contributed by atoms with Crippen molar-refractivity contribution < 1.29 is 9.13 Å². The van der Waals surface area contributed by atoms with E-state index in [9.17, 15) is 4.39 Å². The van der Waals surface area contributed by atoms with Crippen molar-refractivity contribution >= 4 is 0 Å². The summed E-state index contributed by atoms with van der Waals surface area (Å²) in [5.41, 5.74) is 1.16. The molecule has 3 heterocycles. The Balaban J connectivity index is 1.28. The van der Waals surface area contributed by atoms with Gasteiger partial charge in [-0.15, -0.1) is 0 Å². The molecule has 1 fully saturated rings. The maximum absolute atomic E-state index is 12.9. The van der Waals surface area contributed by atoms with Crippen LogP contribution in [0, 0.1) is 12.7 Å². The summed E-state index contributed by atoms with van der Waals surface area (Å²) >= 11 is 0. The second-order valence-electron chi connectivity index (χ2n) is 7.18. The minimum atomic E-state index is -0.240. The molecule has 4 rings (SSSR count). The Kier molecular flexibility index (Phi) is 5.67. The van der Waals surface area contributed by atoms with Gasteiger partial charge in [0.25, 0.3) is 0 Å². The van der Waals surface area contributed by atoms with Crippen LogP contribution >= 0.6 is 0 Å². The fourth-order valence-electron chi connectivity index (χ4n) is 3.70. The van der Waals surface area contributed by atoms with Gasteiger partial charge in [0.05, 0.1) is 0 Å². The molecule has 6 heteroatoms. The molecular weight excluding hydrogens is 355 g/mol. The minimum absolute atomic E-state index is 0.240. The number of hydrogen-bond acceptors (Lipinski definition) is 4. The summed E-state index contributed by atoms with van der Waals surface area (Å²) in [5.74, 6) is 2.84. The van der Waals surface area contributed by atoms with Crippen LogP contribution in [0.5, 0.6) is 5.75 Å². The van der Waals surface area contributed by atoms with E-state index in [0.29, 0.717) is 18.3 Å². The number of aryl methyl sites for hydroxylation is 1. The first-order valence-electron chi connectivity index (χ1n) is 9.77. The summed E-state index contributed by atoms with van der Waals surface area (Å²) in [6, 6.07) is 12.4. The summed E-state index contributed by atoms with van der Waals surface area (Å²) in [6.07, 6.45) is 5.94. The van der Waals surface area contributed by atoms with Crippen molar-refractivity contribution in [2.75, 3.05) is 26.2 Å². The van der Waals surface area contributed by atoms with E-state index in [4.69, 9.17) is 9.72 Å². The van der Waals surface area contributed by atoms with Crippen LogP contribution in [0.3, 0.4) is 0 Å². The van der Waals surface area contributed by atoms with Crippen molar-refractivity contribution in [2.45, 2.75) is 25.7 Å². The van der Waals surface area contributed by atoms with Gasteiger partial charge in [0.1, 0.15) is 29.8 Å². The number of hydrogen-bond donors (Lipinski definition) is 0. The second-order valence-corrected chi connectivity index (χ2v) is 7.18. The van der Waals surface area contributed by atoms with Gasteiger partial charge >= 0.3 is 0 Å². The lowest BCUT2D eigenvalue weighted by Gasteiger charge is -2.31. The third-order valence-electron chi connectivity index (χ3n) is 5.32. The Morgan fingerprint density at radius 3 is 2.61 bits per heavy atom. The molecule has 1 aliphatic rings. The maximum Gasteiger partial charge on any atom is 0.138 e. The number of halogens is 1. The molecule has 5 nitrogen and oxygen atoms in total. The van der Waals surface area contributed by atoms with E-state index in [1.54, 1.807) is 18.3 Å². The van der Waals surface area contributed by atoms with E-state index in [1.807, 2.05) is 23.8 Å². The number of imidazole rings is 1. The highest BCUT2D eigenvalue weighted by Crippen LogP contribution is 2.27. The molecule has 0 saturated carbocycles. The van der Waals surface area contributed by atoms with Crippen LogP contribution in [-0.4, -0.2) is 45.7 Å². The number of likely N-dealkylation sites (tertiary alicyclic amines) is 1. The molecule has 0 bridgehead atoms. The molecule has 3 aromatic rings. The highest BCUT2D eigenvalue weighted by molar-refractivity contribution is 5.28. The van der Waals surface area contributed by atoms with Crippen molar-refractivity contribution in [2.24, 2.45) is 0 Å². The Labute approximate surface area is 164 Å². The second kappa shape index (κ2) is 8.52. The summed E-state index contributed by atoms with van der Waals surface area (Å²) < 4.78 is 20.7. The molecule has 1 aliphatic heterocycles. The van der Waals surface area contributed by atoms with Gasteiger partial charge in [0.15, 0.2) is 0 Å². The zero-order valence-corrected chi connectivity index (χ0v) is 16.1. The van der Waals surface area contributed by atoms with E-state index in [1.165, 1.54) is 12.1 Å². The lowest BCUT2D eigenvalue weighted by molar-refractivity contribution is 0.172. The monoisotopic (exact) mass is 380 g/mol. The minimum Gasteiger partial charge on any atom is -0.492 e. The van der Waals surface area contributed by atoms with Gasteiger partial charge < -0.3 is 4.74 Å². The molecule has 0 atom stereocenters. The van der Waals surface area contributed by atoms with Crippen LogP contribution in [0.1, 0.15) is 30.3 Å². The standard InChI is InChI=1S/C22H25FN4O/c1-17-24-11-14-27(17)22-4-2-3-21(25-22)18-9-12-26(13-10-18)15-16-28-20-7-5-19(23)6-8-20/h2-8,11,14,18H,9-10,12-13,15-16H2,1H3. The normalized spacial score (nSPS) is 15.6. The van der Waals surface area contributed by atoms with Crippen LogP contribution in [0.2, 0.25) is 0 Å². The van der Waals surface area contributed by atoms with E-state index in [2.05, 4.69) is 22.0 Å². The van der Waals surface area contributed by atoms with Gasteiger partial charge in [-0.1, -0.05) is 6.07 Å². The number of ether oxygens (including phenoxy) is 1. The zero-order chi connectivity index (χ0) is 19.3. The van der Waals surface area contributed by atoms with Gasteiger partial charge in [0.2, 0.25) is 0 Å². The quantitative estimate of drug-likeness (QED) is 0.649. The molecule has 1 aromatic carbocycles. The van der Waals surface area contributed by atoms with Crippen molar-refractivity contribution in [3.05, 3.63) is 72.2 Å². The average molecular weight is 380 g/mol. The smallest absolute Gasteiger partial charge is 0.138 e. The third-order valence-corrected chi connectivity index (χ3v) is 5.32. The number of benzene rings is 1. The highest BCUT2D eigenvalue weighted by atomic mass is 19.1. The van der Waals surface area contributed by atoms with E-state index < -0.39 is 0 Å². The largest absolute Gasteiger partial charge is 0.492 e. The molecule has 146 valence electrons. The topological polar surface area (TPSA) is 43.2 Å². The fraction of sp³-hybridized carbons (Fsp3) is 0.364. The first-order valence-corrected chi connectivity index (χ1v) is 9.77. The predicted octanol–water partition coefficient (Wildman–Crippen LogP) is 3.97. The Hall–Kier alpha value is -2.73. The van der Waals surface area contributed by atoms with Crippen molar-refractivity contribution in [1.82, 2.24) is 19.4 Å². The van der Waals surface area contributed by atoms with Crippen LogP contribution in [0.25, 0.3) is 5.82 Å². The molecule has 0 aliphatic carbocycles. The highest BCUT2D eigenvalue weighted by Gasteiger charge is 2.22. The SMILES string of the molecule is Cc1nccn1-c1cccc(C2CCN(CCOc3ccc(F)cc3)CC2)n1. The van der Waals surface area contributed by atoms with Gasteiger partial charge in [0, 0.05) is 30.6 Å². The van der Waals surface area contributed by atoms with Crippen molar-refractivity contribution in [3.63, 3.8) is 0 Å². The van der Waals surface area contributed by atoms with Gasteiger partial charge in [-0.3, -0.25) is 9.47 Å². The fourth-order valence-corrected chi connectivity index (χ4v) is 3.70. The molecule has 0 amide bonds. The first kappa shape index (κ1) is 18.6. The third kappa shape index (κ3) is 4.39. The average Bonchev–Trinajstić information content (AvgIpc) is 3.16. The van der Waals surface area contributed by atoms with E-state index >= 15 is 0 Å². The summed E-state index contributed by atoms with van der Waals surface area (Å²) in [7, 11) is 0. The van der Waals surface area contributed by atoms with Gasteiger partial charge in [-0.25, -0.2) is 14.4 Å². The number of aromatic nitrogens is 3. The molecular formula is C22H25FN4O. The summed E-state index contributed by atoms with van der Waals surface area (Å²) in [4.78, 5) is 11.6. The molecule has 0 unspecified atom stereocenters. The molecule has 2 aromatic heterocycles. The Morgan fingerprint density at radius 1 is 1.11 bits per heavy atom.